The van der Waals surface area contributed by atoms with Crippen molar-refractivity contribution in [1.29, 1.82) is 0 Å². The maximum absolute atomic E-state index is 13.1. The number of ether oxygens (including phenoxy) is 1. The lowest BCUT2D eigenvalue weighted by molar-refractivity contribution is -0.131. The molecule has 1 N–H and O–H groups in total. The van der Waals surface area contributed by atoms with Crippen molar-refractivity contribution in [1.82, 2.24) is 0 Å². The molecular formula is C15H9ClF2O3. The topological polar surface area (TPSA) is 46.5 Å². The van der Waals surface area contributed by atoms with E-state index in [0.29, 0.717) is 5.56 Å². The first-order valence-corrected chi connectivity index (χ1v) is 6.17. The van der Waals surface area contributed by atoms with Crippen molar-refractivity contribution in [2.24, 2.45) is 0 Å². The minimum Gasteiger partial charge on any atom is -0.478 e. The average Bonchev–Trinajstić information content (AvgIpc) is 2.43. The Balaban J connectivity index is 2.21. The van der Waals surface area contributed by atoms with Gasteiger partial charge in [0.05, 0.1) is 5.02 Å². The van der Waals surface area contributed by atoms with Crippen molar-refractivity contribution < 1.29 is 23.4 Å². The van der Waals surface area contributed by atoms with Crippen LogP contribution in [-0.2, 0) is 4.79 Å². The van der Waals surface area contributed by atoms with E-state index in [4.69, 9.17) is 21.4 Å². The van der Waals surface area contributed by atoms with Crippen LogP contribution in [0.3, 0.4) is 0 Å². The van der Waals surface area contributed by atoms with Gasteiger partial charge in [-0.3, -0.25) is 0 Å². The van der Waals surface area contributed by atoms with Crippen LogP contribution in [0.5, 0.6) is 11.5 Å². The van der Waals surface area contributed by atoms with Crippen LogP contribution in [0.15, 0.2) is 42.5 Å². The molecule has 0 aliphatic carbocycles. The summed E-state index contributed by atoms with van der Waals surface area (Å²) in [5, 5.41) is 8.75. The molecule has 3 nitrogen and oxygen atoms in total. The molecule has 0 saturated heterocycles. The van der Waals surface area contributed by atoms with E-state index in [1.165, 1.54) is 24.3 Å². The van der Waals surface area contributed by atoms with E-state index in [9.17, 15) is 13.6 Å². The highest BCUT2D eigenvalue weighted by molar-refractivity contribution is 6.32. The fourth-order valence-corrected chi connectivity index (χ4v) is 1.77. The number of carbonyl (C=O) groups is 1. The largest absolute Gasteiger partial charge is 0.478 e. The second kappa shape index (κ2) is 6.37. The molecule has 0 aliphatic rings. The van der Waals surface area contributed by atoms with Crippen LogP contribution in [0.2, 0.25) is 5.02 Å². The number of hydrogen-bond acceptors (Lipinski definition) is 2. The van der Waals surface area contributed by atoms with Crippen LogP contribution in [0.1, 0.15) is 5.56 Å². The molecule has 0 heterocycles. The van der Waals surface area contributed by atoms with Gasteiger partial charge in [-0.05, 0) is 35.9 Å². The van der Waals surface area contributed by atoms with Gasteiger partial charge in [-0.2, -0.15) is 0 Å². The lowest BCUT2D eigenvalue weighted by Crippen LogP contribution is -1.90. The molecule has 0 unspecified atom stereocenters. The Labute approximate surface area is 124 Å². The summed E-state index contributed by atoms with van der Waals surface area (Å²) in [6.45, 7) is 0. The number of carboxylic acids is 1. The highest BCUT2D eigenvalue weighted by atomic mass is 35.5. The van der Waals surface area contributed by atoms with Gasteiger partial charge in [-0.15, -0.1) is 0 Å². The Kier molecular flexibility index (Phi) is 4.55. The van der Waals surface area contributed by atoms with Gasteiger partial charge in [0.2, 0.25) is 0 Å². The lowest BCUT2D eigenvalue weighted by atomic mass is 10.2. The maximum Gasteiger partial charge on any atom is 0.328 e. The van der Waals surface area contributed by atoms with Gasteiger partial charge in [0.25, 0.3) is 0 Å². The van der Waals surface area contributed by atoms with Crippen LogP contribution in [0.4, 0.5) is 8.78 Å². The fourth-order valence-electron chi connectivity index (χ4n) is 1.54. The Hall–Kier alpha value is -2.40. The first-order chi connectivity index (χ1) is 9.95. The van der Waals surface area contributed by atoms with Crippen molar-refractivity contribution >= 4 is 23.6 Å². The Morgan fingerprint density at radius 1 is 1.14 bits per heavy atom. The number of hydrogen-bond donors (Lipinski definition) is 1. The normalized spacial score (nSPS) is 10.8. The molecule has 6 heteroatoms. The number of benzene rings is 2. The summed E-state index contributed by atoms with van der Waals surface area (Å²) in [4.78, 5) is 10.4. The lowest BCUT2D eigenvalue weighted by Gasteiger charge is -2.08. The molecule has 2 aromatic rings. The van der Waals surface area contributed by atoms with Crippen molar-refractivity contribution in [3.05, 3.63) is 64.7 Å². The van der Waals surface area contributed by atoms with Gasteiger partial charge in [0.1, 0.15) is 11.5 Å². The molecule has 2 rings (SSSR count). The molecule has 108 valence electrons. The molecule has 0 atom stereocenters. The van der Waals surface area contributed by atoms with Crippen molar-refractivity contribution in [3.8, 4) is 11.5 Å². The highest BCUT2D eigenvalue weighted by Gasteiger charge is 2.07. The number of aliphatic carboxylic acids is 1. The SMILES string of the molecule is O=C(O)/C=C/c1ccc(Oc2ccc(F)c(F)c2)c(Cl)c1. The molecule has 0 bridgehead atoms. The van der Waals surface area contributed by atoms with E-state index in [1.54, 1.807) is 6.07 Å². The summed E-state index contributed by atoms with van der Waals surface area (Å²) in [5.41, 5.74) is 0.569. The average molecular weight is 311 g/mol. The van der Waals surface area contributed by atoms with Gasteiger partial charge >= 0.3 is 5.97 Å². The monoisotopic (exact) mass is 310 g/mol. The smallest absolute Gasteiger partial charge is 0.328 e. The number of carboxylic acid groups (broad SMARTS) is 1. The van der Waals surface area contributed by atoms with Crippen LogP contribution in [0, 0.1) is 11.6 Å². The van der Waals surface area contributed by atoms with Crippen molar-refractivity contribution in [2.75, 3.05) is 0 Å². The van der Waals surface area contributed by atoms with E-state index in [-0.39, 0.29) is 16.5 Å². The second-order valence-electron chi connectivity index (χ2n) is 4.04. The third kappa shape index (κ3) is 4.03. The predicted molar refractivity (Wildman–Crippen MR) is 74.6 cm³/mol. The van der Waals surface area contributed by atoms with Gasteiger partial charge < -0.3 is 9.84 Å². The van der Waals surface area contributed by atoms with Crippen molar-refractivity contribution in [2.45, 2.75) is 0 Å². The molecule has 0 fully saturated rings. The minimum absolute atomic E-state index is 0.102. The number of halogens is 3. The third-order valence-corrected chi connectivity index (χ3v) is 2.79. The highest BCUT2D eigenvalue weighted by Crippen LogP contribution is 2.31. The molecule has 2 aromatic carbocycles. The van der Waals surface area contributed by atoms with Crippen LogP contribution >= 0.6 is 11.6 Å². The Morgan fingerprint density at radius 2 is 1.90 bits per heavy atom. The predicted octanol–water partition coefficient (Wildman–Crippen LogP) is 4.51. The van der Waals surface area contributed by atoms with Crippen LogP contribution in [0.25, 0.3) is 6.08 Å². The van der Waals surface area contributed by atoms with Crippen LogP contribution in [-0.4, -0.2) is 11.1 Å². The van der Waals surface area contributed by atoms with E-state index >= 15 is 0 Å². The molecule has 0 aliphatic heterocycles. The molecule has 21 heavy (non-hydrogen) atoms. The summed E-state index contributed by atoms with van der Waals surface area (Å²) < 4.78 is 31.2. The van der Waals surface area contributed by atoms with E-state index < -0.39 is 17.6 Å². The molecule has 0 aromatic heterocycles. The molecule has 0 saturated carbocycles. The van der Waals surface area contributed by atoms with Gasteiger partial charge in [-0.25, -0.2) is 13.6 Å². The molecule has 0 spiro atoms. The van der Waals surface area contributed by atoms with Gasteiger partial charge in [-0.1, -0.05) is 17.7 Å². The quantitative estimate of drug-likeness (QED) is 0.845. The second-order valence-corrected chi connectivity index (χ2v) is 4.45. The van der Waals surface area contributed by atoms with Crippen LogP contribution < -0.4 is 4.74 Å². The van der Waals surface area contributed by atoms with Crippen molar-refractivity contribution in [3.63, 3.8) is 0 Å². The van der Waals surface area contributed by atoms with E-state index in [0.717, 1.165) is 18.2 Å². The maximum atomic E-state index is 13.1. The van der Waals surface area contributed by atoms with Gasteiger partial charge in [0.15, 0.2) is 11.6 Å². The standard InChI is InChI=1S/C15H9ClF2O3/c16-11-7-9(2-6-15(19)20)1-5-14(11)21-10-3-4-12(17)13(18)8-10/h1-8H,(H,19,20)/b6-2+. The first-order valence-electron chi connectivity index (χ1n) is 5.79. The molecule has 0 radical (unpaired) electrons. The fraction of sp³-hybridized carbons (Fsp3) is 0. The molecule has 0 amide bonds. The van der Waals surface area contributed by atoms with Gasteiger partial charge in [0, 0.05) is 12.1 Å². The van der Waals surface area contributed by atoms with E-state index in [2.05, 4.69) is 0 Å². The van der Waals surface area contributed by atoms with E-state index in [1.807, 2.05) is 0 Å². The number of rotatable bonds is 4. The third-order valence-electron chi connectivity index (χ3n) is 2.49. The minimum atomic E-state index is -1.08. The zero-order valence-electron chi connectivity index (χ0n) is 10.5. The first kappa shape index (κ1) is 15.0. The summed E-state index contributed by atoms with van der Waals surface area (Å²) in [7, 11) is 0. The molecular weight excluding hydrogens is 302 g/mol. The Morgan fingerprint density at radius 3 is 2.52 bits per heavy atom. The summed E-state index contributed by atoms with van der Waals surface area (Å²) in [6.07, 6.45) is 2.34. The zero-order valence-corrected chi connectivity index (χ0v) is 11.3. The Bertz CT molecular complexity index is 714. The summed E-state index contributed by atoms with van der Waals surface area (Å²) in [6, 6.07) is 7.71. The summed E-state index contributed by atoms with van der Waals surface area (Å²) >= 11 is 5.99. The summed E-state index contributed by atoms with van der Waals surface area (Å²) in [5.74, 6) is -2.72. The zero-order chi connectivity index (χ0) is 15.4.